The minimum Gasteiger partial charge on any atom is -0.494 e. The average Bonchev–Trinajstić information content (AvgIpc) is 3.02. The molecule has 0 aliphatic heterocycles. The van der Waals surface area contributed by atoms with Crippen LogP contribution in [0.3, 0.4) is 0 Å². The van der Waals surface area contributed by atoms with Gasteiger partial charge in [0.05, 0.1) is 23.5 Å². The van der Waals surface area contributed by atoms with Crippen molar-refractivity contribution in [2.45, 2.75) is 58.6 Å². The molecule has 3 aromatic rings. The number of carbonyl (C=O) groups excluding carboxylic acids is 1. The average molecular weight is 422 g/mol. The molecule has 1 saturated carbocycles. The van der Waals surface area contributed by atoms with Gasteiger partial charge in [0.1, 0.15) is 11.9 Å². The van der Waals surface area contributed by atoms with Crippen LogP contribution in [0.25, 0.3) is 22.2 Å². The fourth-order valence-corrected chi connectivity index (χ4v) is 3.96. The Morgan fingerprint density at radius 1 is 1.19 bits per heavy atom. The molecule has 0 saturated heterocycles. The highest BCUT2D eigenvalue weighted by atomic mass is 16.6. The van der Waals surface area contributed by atoms with Gasteiger partial charge >= 0.3 is 6.09 Å². The maximum absolute atomic E-state index is 12.0. The molecule has 0 spiro atoms. The summed E-state index contributed by atoms with van der Waals surface area (Å²) in [5, 5.41) is 3.82. The second-order valence-electron chi connectivity index (χ2n) is 8.41. The number of rotatable bonds is 7. The van der Waals surface area contributed by atoms with Crippen LogP contribution in [0.5, 0.6) is 5.75 Å². The van der Waals surface area contributed by atoms with E-state index in [4.69, 9.17) is 15.2 Å². The third-order valence-corrected chi connectivity index (χ3v) is 5.73. The van der Waals surface area contributed by atoms with Gasteiger partial charge in [-0.1, -0.05) is 19.1 Å². The molecule has 6 heteroatoms. The molecule has 4 rings (SSSR count). The largest absolute Gasteiger partial charge is 0.494 e. The van der Waals surface area contributed by atoms with Crippen LogP contribution in [0.15, 0.2) is 42.5 Å². The molecule has 1 amide bonds. The number of nitrogens with one attached hydrogen (secondary N) is 1. The number of amides is 1. The minimum atomic E-state index is -0.395. The van der Waals surface area contributed by atoms with Gasteiger partial charge in [0.15, 0.2) is 0 Å². The van der Waals surface area contributed by atoms with Crippen LogP contribution in [0.2, 0.25) is 0 Å². The quantitative estimate of drug-likeness (QED) is 0.465. The van der Waals surface area contributed by atoms with Gasteiger partial charge in [-0.3, -0.25) is 5.32 Å². The van der Waals surface area contributed by atoms with E-state index in [0.29, 0.717) is 12.3 Å². The van der Waals surface area contributed by atoms with E-state index in [9.17, 15) is 4.79 Å². The Labute approximate surface area is 183 Å². The molecule has 1 heterocycles. The standard InChI is InChI=1S/C25H31N3O3/c1-4-14-30-20-12-13-21-22(15-20)28(16(2)3)24(23(21)26)17-8-10-18(11-9-17)27-25(29)31-19-6-5-7-19/h8-13,15-16,19H,4-7,14,26H2,1-3H3,(H,27,29). The van der Waals surface area contributed by atoms with Crippen molar-refractivity contribution in [3.8, 4) is 17.0 Å². The van der Waals surface area contributed by atoms with E-state index >= 15 is 0 Å². The van der Waals surface area contributed by atoms with Crippen LogP contribution >= 0.6 is 0 Å². The van der Waals surface area contributed by atoms with Crippen molar-refractivity contribution in [3.05, 3.63) is 42.5 Å². The van der Waals surface area contributed by atoms with Gasteiger partial charge < -0.3 is 19.8 Å². The minimum absolute atomic E-state index is 0.0621. The zero-order chi connectivity index (χ0) is 22.0. The van der Waals surface area contributed by atoms with Crippen LogP contribution in [0.4, 0.5) is 16.2 Å². The Bertz CT molecular complexity index is 1070. The van der Waals surface area contributed by atoms with Gasteiger partial charge in [0.2, 0.25) is 0 Å². The van der Waals surface area contributed by atoms with Crippen molar-refractivity contribution >= 4 is 28.4 Å². The lowest BCUT2D eigenvalue weighted by atomic mass is 9.96. The number of aromatic nitrogens is 1. The molecule has 1 aliphatic rings. The van der Waals surface area contributed by atoms with Crippen LogP contribution in [0, 0.1) is 0 Å². The van der Waals surface area contributed by atoms with E-state index in [1.165, 1.54) is 0 Å². The number of nitrogens with zero attached hydrogens (tertiary/aromatic N) is 1. The molecule has 6 nitrogen and oxygen atoms in total. The van der Waals surface area contributed by atoms with Crippen LogP contribution in [0.1, 0.15) is 52.5 Å². The summed E-state index contributed by atoms with van der Waals surface area (Å²) in [7, 11) is 0. The lowest BCUT2D eigenvalue weighted by molar-refractivity contribution is 0.0624. The van der Waals surface area contributed by atoms with E-state index in [1.807, 2.05) is 36.4 Å². The molecule has 31 heavy (non-hydrogen) atoms. The number of carbonyl (C=O) groups is 1. The van der Waals surface area contributed by atoms with Gasteiger partial charge in [-0.15, -0.1) is 0 Å². The molecule has 0 unspecified atom stereocenters. The summed E-state index contributed by atoms with van der Waals surface area (Å²) in [4.78, 5) is 12.0. The predicted octanol–water partition coefficient (Wildman–Crippen LogP) is 6.36. The Morgan fingerprint density at radius 2 is 1.94 bits per heavy atom. The van der Waals surface area contributed by atoms with Crippen molar-refractivity contribution in [3.63, 3.8) is 0 Å². The molecule has 164 valence electrons. The molecule has 0 radical (unpaired) electrons. The Hall–Kier alpha value is -3.15. The van der Waals surface area contributed by atoms with Crippen LogP contribution < -0.4 is 15.8 Å². The van der Waals surface area contributed by atoms with E-state index in [0.717, 1.165) is 59.3 Å². The molecule has 1 aliphatic carbocycles. The number of nitrogen functional groups attached to an aromatic ring is 1. The van der Waals surface area contributed by atoms with Gasteiger partial charge in [0.25, 0.3) is 0 Å². The zero-order valence-electron chi connectivity index (χ0n) is 18.5. The molecule has 0 atom stereocenters. The normalized spacial score (nSPS) is 13.9. The van der Waals surface area contributed by atoms with E-state index < -0.39 is 6.09 Å². The summed E-state index contributed by atoms with van der Waals surface area (Å²) >= 11 is 0. The lowest BCUT2D eigenvalue weighted by Gasteiger charge is -2.25. The molecular weight excluding hydrogens is 390 g/mol. The van der Waals surface area contributed by atoms with Gasteiger partial charge in [-0.05, 0) is 63.8 Å². The first-order chi connectivity index (χ1) is 15.0. The number of nitrogens with two attached hydrogens (primary N) is 1. The summed E-state index contributed by atoms with van der Waals surface area (Å²) < 4.78 is 13.5. The van der Waals surface area contributed by atoms with Crippen molar-refractivity contribution in [1.82, 2.24) is 4.57 Å². The number of anilines is 2. The SMILES string of the molecule is CCCOc1ccc2c(N)c(-c3ccc(NC(=O)OC4CCC4)cc3)n(C(C)C)c2c1. The molecule has 2 aromatic carbocycles. The first-order valence-electron chi connectivity index (χ1n) is 11.1. The molecule has 1 aromatic heterocycles. The monoisotopic (exact) mass is 421 g/mol. The predicted molar refractivity (Wildman–Crippen MR) is 126 cm³/mol. The van der Waals surface area contributed by atoms with Gasteiger partial charge in [0, 0.05) is 28.7 Å². The van der Waals surface area contributed by atoms with E-state index in [2.05, 4.69) is 36.7 Å². The Balaban J connectivity index is 1.63. The maximum Gasteiger partial charge on any atom is 0.411 e. The van der Waals surface area contributed by atoms with E-state index in [1.54, 1.807) is 0 Å². The highest BCUT2D eigenvalue weighted by Gasteiger charge is 2.22. The Kier molecular flexibility index (Phi) is 6.07. The van der Waals surface area contributed by atoms with Crippen molar-refractivity contribution in [2.75, 3.05) is 17.7 Å². The smallest absolute Gasteiger partial charge is 0.411 e. The summed E-state index contributed by atoms with van der Waals surface area (Å²) in [6, 6.07) is 14.0. The molecular formula is C25H31N3O3. The second-order valence-corrected chi connectivity index (χ2v) is 8.41. The third-order valence-electron chi connectivity index (χ3n) is 5.73. The maximum atomic E-state index is 12.0. The number of hydrogen-bond acceptors (Lipinski definition) is 4. The number of hydrogen-bond donors (Lipinski definition) is 2. The number of ether oxygens (including phenoxy) is 2. The fraction of sp³-hybridized carbons (Fsp3) is 0.400. The van der Waals surface area contributed by atoms with Crippen LogP contribution in [-0.2, 0) is 4.74 Å². The topological polar surface area (TPSA) is 78.5 Å². The molecule has 1 fully saturated rings. The highest BCUT2D eigenvalue weighted by molar-refractivity contribution is 6.01. The van der Waals surface area contributed by atoms with Crippen LogP contribution in [-0.4, -0.2) is 23.4 Å². The highest BCUT2D eigenvalue weighted by Crippen LogP contribution is 2.40. The third kappa shape index (κ3) is 4.33. The second kappa shape index (κ2) is 8.92. The number of benzene rings is 2. The van der Waals surface area contributed by atoms with E-state index in [-0.39, 0.29) is 12.1 Å². The van der Waals surface area contributed by atoms with Crippen molar-refractivity contribution in [1.29, 1.82) is 0 Å². The summed E-state index contributed by atoms with van der Waals surface area (Å²) in [5.41, 5.74) is 11.1. The first-order valence-corrected chi connectivity index (χ1v) is 11.1. The van der Waals surface area contributed by atoms with Crippen molar-refractivity contribution in [2.24, 2.45) is 0 Å². The summed E-state index contributed by atoms with van der Waals surface area (Å²) in [6.45, 7) is 7.08. The Morgan fingerprint density at radius 3 is 2.55 bits per heavy atom. The summed E-state index contributed by atoms with van der Waals surface area (Å²) in [6.07, 6.45) is 3.67. The van der Waals surface area contributed by atoms with Crippen molar-refractivity contribution < 1.29 is 14.3 Å². The lowest BCUT2D eigenvalue weighted by Crippen LogP contribution is -2.27. The first kappa shape index (κ1) is 21.1. The van der Waals surface area contributed by atoms with Gasteiger partial charge in [-0.2, -0.15) is 0 Å². The molecule has 3 N–H and O–H groups in total. The fourth-order valence-electron chi connectivity index (χ4n) is 3.96. The summed E-state index contributed by atoms with van der Waals surface area (Å²) in [5.74, 6) is 0.852. The zero-order valence-corrected chi connectivity index (χ0v) is 18.5. The molecule has 0 bridgehead atoms. The number of fused-ring (bicyclic) bond motifs is 1. The van der Waals surface area contributed by atoms with Gasteiger partial charge in [-0.25, -0.2) is 4.79 Å².